The fourth-order valence-electron chi connectivity index (χ4n) is 2.95. The molecule has 112 valence electrons. The van der Waals surface area contributed by atoms with E-state index in [1.54, 1.807) is 0 Å². The number of nitrogens with zero attached hydrogens (tertiary/aromatic N) is 3. The molecule has 1 fully saturated rings. The van der Waals surface area contributed by atoms with Crippen LogP contribution < -0.4 is 5.32 Å². The fraction of sp³-hybridized carbons (Fsp3) is 0.471. The molecule has 1 aliphatic heterocycles. The predicted molar refractivity (Wildman–Crippen MR) is 87.4 cm³/mol. The van der Waals surface area contributed by atoms with Gasteiger partial charge in [-0.2, -0.15) is 0 Å². The quantitative estimate of drug-likeness (QED) is 0.923. The van der Waals surface area contributed by atoms with E-state index in [-0.39, 0.29) is 0 Å². The average molecular weight is 284 g/mol. The van der Waals surface area contributed by atoms with Gasteiger partial charge in [0.25, 0.3) is 0 Å². The molecule has 1 aromatic carbocycles. The largest absolute Gasteiger partial charge is 0.311 e. The van der Waals surface area contributed by atoms with Crippen LogP contribution in [0.4, 0.5) is 0 Å². The summed E-state index contributed by atoms with van der Waals surface area (Å²) in [5.74, 6) is 0. The molecule has 0 saturated carbocycles. The van der Waals surface area contributed by atoms with Gasteiger partial charge < -0.3 is 10.2 Å². The summed E-state index contributed by atoms with van der Waals surface area (Å²) in [6.45, 7) is 5.44. The summed E-state index contributed by atoms with van der Waals surface area (Å²) in [7, 11) is 4.43. The second-order valence-electron chi connectivity index (χ2n) is 6.08. The molecule has 1 aliphatic rings. The van der Waals surface area contributed by atoms with Gasteiger partial charge in [0, 0.05) is 56.5 Å². The number of nitrogens with one attached hydrogen (secondary N) is 1. The smallest absolute Gasteiger partial charge is 0.0346 e. The Morgan fingerprint density at radius 3 is 3.00 bits per heavy atom. The van der Waals surface area contributed by atoms with Crippen LogP contribution in [0.1, 0.15) is 5.56 Å². The maximum Gasteiger partial charge on any atom is 0.0346 e. The number of pyridine rings is 1. The highest BCUT2D eigenvalue weighted by Crippen LogP contribution is 2.14. The Morgan fingerprint density at radius 1 is 1.19 bits per heavy atom. The number of aromatic nitrogens is 1. The molecule has 1 N–H and O–H groups in total. The fourth-order valence-corrected chi connectivity index (χ4v) is 2.95. The molecule has 1 aromatic heterocycles. The van der Waals surface area contributed by atoms with Crippen LogP contribution in [0, 0.1) is 0 Å². The van der Waals surface area contributed by atoms with Gasteiger partial charge in [0.2, 0.25) is 0 Å². The summed E-state index contributed by atoms with van der Waals surface area (Å²) in [4.78, 5) is 9.02. The van der Waals surface area contributed by atoms with Crippen LogP contribution in [-0.2, 0) is 6.54 Å². The van der Waals surface area contributed by atoms with Crippen LogP contribution in [0.25, 0.3) is 10.8 Å². The number of likely N-dealkylation sites (N-methyl/N-ethyl adjacent to an activating group) is 2. The molecule has 4 heteroatoms. The van der Waals surface area contributed by atoms with Gasteiger partial charge in [-0.05, 0) is 37.2 Å². The van der Waals surface area contributed by atoms with E-state index in [0.717, 1.165) is 26.2 Å². The van der Waals surface area contributed by atoms with E-state index in [2.05, 4.69) is 58.5 Å². The SMILES string of the molecule is CN1CCN(C)C(CNCc2ccc3cnccc3c2)C1. The zero-order valence-electron chi connectivity index (χ0n) is 12.9. The first kappa shape index (κ1) is 14.4. The Balaban J connectivity index is 1.56. The highest BCUT2D eigenvalue weighted by Gasteiger charge is 2.21. The van der Waals surface area contributed by atoms with E-state index in [9.17, 15) is 0 Å². The summed E-state index contributed by atoms with van der Waals surface area (Å²) in [5.41, 5.74) is 1.33. The minimum atomic E-state index is 0.605. The highest BCUT2D eigenvalue weighted by molar-refractivity contribution is 5.81. The first-order valence-electron chi connectivity index (χ1n) is 7.64. The van der Waals surface area contributed by atoms with Crippen molar-refractivity contribution in [3.63, 3.8) is 0 Å². The molecule has 2 aromatic rings. The third-order valence-corrected chi connectivity index (χ3v) is 4.39. The van der Waals surface area contributed by atoms with Crippen molar-refractivity contribution >= 4 is 10.8 Å². The second-order valence-corrected chi connectivity index (χ2v) is 6.08. The minimum absolute atomic E-state index is 0.605. The normalized spacial score (nSPS) is 21.0. The summed E-state index contributed by atoms with van der Waals surface area (Å²) in [5, 5.41) is 6.07. The summed E-state index contributed by atoms with van der Waals surface area (Å²) >= 11 is 0. The van der Waals surface area contributed by atoms with Crippen LogP contribution >= 0.6 is 0 Å². The van der Waals surface area contributed by atoms with Gasteiger partial charge in [0.05, 0.1) is 0 Å². The molecule has 0 radical (unpaired) electrons. The number of hydrogen-bond donors (Lipinski definition) is 1. The van der Waals surface area contributed by atoms with Crippen LogP contribution in [-0.4, -0.2) is 61.1 Å². The van der Waals surface area contributed by atoms with Crippen molar-refractivity contribution in [1.29, 1.82) is 0 Å². The third kappa shape index (κ3) is 3.59. The summed E-state index contributed by atoms with van der Waals surface area (Å²) < 4.78 is 0. The molecular formula is C17H24N4. The minimum Gasteiger partial charge on any atom is -0.311 e. The van der Waals surface area contributed by atoms with Crippen LogP contribution in [0.2, 0.25) is 0 Å². The average Bonchev–Trinajstić information content (AvgIpc) is 2.50. The first-order chi connectivity index (χ1) is 10.2. The molecular weight excluding hydrogens is 260 g/mol. The maximum absolute atomic E-state index is 4.16. The number of benzene rings is 1. The second kappa shape index (κ2) is 6.52. The van der Waals surface area contributed by atoms with E-state index < -0.39 is 0 Å². The van der Waals surface area contributed by atoms with Gasteiger partial charge in [-0.3, -0.25) is 9.88 Å². The van der Waals surface area contributed by atoms with Gasteiger partial charge in [-0.25, -0.2) is 0 Å². The van der Waals surface area contributed by atoms with E-state index in [1.165, 1.54) is 22.9 Å². The van der Waals surface area contributed by atoms with Gasteiger partial charge in [0.1, 0.15) is 0 Å². The predicted octanol–water partition coefficient (Wildman–Crippen LogP) is 1.57. The third-order valence-electron chi connectivity index (χ3n) is 4.39. The topological polar surface area (TPSA) is 31.4 Å². The Morgan fingerprint density at radius 2 is 2.10 bits per heavy atom. The summed E-state index contributed by atoms with van der Waals surface area (Å²) in [6.07, 6.45) is 3.77. The van der Waals surface area contributed by atoms with Crippen molar-refractivity contribution in [3.8, 4) is 0 Å². The zero-order chi connectivity index (χ0) is 14.7. The lowest BCUT2D eigenvalue weighted by Gasteiger charge is -2.37. The van der Waals surface area contributed by atoms with Crippen LogP contribution in [0.15, 0.2) is 36.7 Å². The standard InChI is InChI=1S/C17H24N4/c1-20-7-8-21(2)17(13-20)12-19-10-14-3-4-16-11-18-6-5-15(16)9-14/h3-6,9,11,17,19H,7-8,10,12-13H2,1-2H3. The Hall–Kier alpha value is -1.49. The highest BCUT2D eigenvalue weighted by atomic mass is 15.3. The Kier molecular flexibility index (Phi) is 4.48. The molecule has 0 spiro atoms. The molecule has 0 amide bonds. The molecule has 2 heterocycles. The van der Waals surface area contributed by atoms with Gasteiger partial charge in [0.15, 0.2) is 0 Å². The molecule has 0 bridgehead atoms. The molecule has 1 unspecified atom stereocenters. The van der Waals surface area contributed by atoms with Crippen molar-refractivity contribution in [2.24, 2.45) is 0 Å². The molecule has 1 saturated heterocycles. The van der Waals surface area contributed by atoms with Crippen molar-refractivity contribution in [1.82, 2.24) is 20.1 Å². The van der Waals surface area contributed by atoms with E-state index >= 15 is 0 Å². The lowest BCUT2D eigenvalue weighted by Crippen LogP contribution is -2.53. The lowest BCUT2D eigenvalue weighted by molar-refractivity contribution is 0.113. The molecule has 0 aliphatic carbocycles. The van der Waals surface area contributed by atoms with Crippen molar-refractivity contribution in [3.05, 3.63) is 42.2 Å². The maximum atomic E-state index is 4.16. The Labute approximate surface area is 126 Å². The van der Waals surface area contributed by atoms with E-state index in [4.69, 9.17) is 0 Å². The van der Waals surface area contributed by atoms with E-state index in [1.807, 2.05) is 12.4 Å². The van der Waals surface area contributed by atoms with Crippen LogP contribution in [0.3, 0.4) is 0 Å². The number of piperazine rings is 1. The molecule has 21 heavy (non-hydrogen) atoms. The van der Waals surface area contributed by atoms with Crippen LogP contribution in [0.5, 0.6) is 0 Å². The zero-order valence-corrected chi connectivity index (χ0v) is 12.9. The number of fused-ring (bicyclic) bond motifs is 1. The molecule has 3 rings (SSSR count). The monoisotopic (exact) mass is 284 g/mol. The van der Waals surface area contributed by atoms with Crippen molar-refractivity contribution in [2.45, 2.75) is 12.6 Å². The summed E-state index contributed by atoms with van der Waals surface area (Å²) in [6, 6.07) is 9.27. The van der Waals surface area contributed by atoms with Crippen molar-refractivity contribution in [2.75, 3.05) is 40.3 Å². The lowest BCUT2D eigenvalue weighted by atomic mass is 10.1. The van der Waals surface area contributed by atoms with Gasteiger partial charge >= 0.3 is 0 Å². The van der Waals surface area contributed by atoms with Gasteiger partial charge in [-0.15, -0.1) is 0 Å². The molecule has 1 atom stereocenters. The number of rotatable bonds is 4. The van der Waals surface area contributed by atoms with E-state index in [0.29, 0.717) is 6.04 Å². The molecule has 4 nitrogen and oxygen atoms in total. The van der Waals surface area contributed by atoms with Gasteiger partial charge in [-0.1, -0.05) is 12.1 Å². The van der Waals surface area contributed by atoms with Crippen molar-refractivity contribution < 1.29 is 0 Å². The first-order valence-corrected chi connectivity index (χ1v) is 7.64. The Bertz CT molecular complexity index is 598. The number of hydrogen-bond acceptors (Lipinski definition) is 4.